The monoisotopic (exact) mass is 324 g/mol. The summed E-state index contributed by atoms with van der Waals surface area (Å²) in [6.45, 7) is 2.27. The van der Waals surface area contributed by atoms with Crippen LogP contribution in [0.3, 0.4) is 0 Å². The van der Waals surface area contributed by atoms with Crippen molar-refractivity contribution < 1.29 is 14.0 Å². The highest BCUT2D eigenvalue weighted by atomic mass is 16.3. The Bertz CT molecular complexity index is 713. The van der Waals surface area contributed by atoms with Gasteiger partial charge in [-0.25, -0.2) is 0 Å². The fourth-order valence-electron chi connectivity index (χ4n) is 3.67. The fraction of sp³-hybridized carbons (Fsp3) is 0.368. The Morgan fingerprint density at radius 2 is 1.58 bits per heavy atom. The van der Waals surface area contributed by atoms with E-state index in [2.05, 4.69) is 4.90 Å². The minimum Gasteiger partial charge on any atom is -0.468 e. The predicted molar refractivity (Wildman–Crippen MR) is 88.7 cm³/mol. The van der Waals surface area contributed by atoms with Crippen molar-refractivity contribution in [2.75, 3.05) is 19.6 Å². The summed E-state index contributed by atoms with van der Waals surface area (Å²) < 4.78 is 5.62. The van der Waals surface area contributed by atoms with Crippen molar-refractivity contribution in [3.63, 3.8) is 0 Å². The number of hydrogen-bond acceptors (Lipinski definition) is 4. The number of fused-ring (bicyclic) bond motifs is 1. The van der Waals surface area contributed by atoms with Crippen LogP contribution in [0.2, 0.25) is 0 Å². The second kappa shape index (κ2) is 6.24. The van der Waals surface area contributed by atoms with Gasteiger partial charge in [-0.05, 0) is 50.2 Å². The maximum Gasteiger partial charge on any atom is 0.261 e. The number of amides is 2. The highest BCUT2D eigenvalue weighted by molar-refractivity contribution is 6.21. The summed E-state index contributed by atoms with van der Waals surface area (Å²) in [5.74, 6) is 0.404. The lowest BCUT2D eigenvalue weighted by atomic mass is 10.1. The number of carbonyl (C=O) groups is 2. The first-order valence-corrected chi connectivity index (χ1v) is 8.48. The van der Waals surface area contributed by atoms with Gasteiger partial charge in [0, 0.05) is 0 Å². The lowest BCUT2D eigenvalue weighted by Crippen LogP contribution is -2.42. The zero-order valence-corrected chi connectivity index (χ0v) is 13.5. The molecule has 3 heterocycles. The molecule has 5 heteroatoms. The summed E-state index contributed by atoms with van der Waals surface area (Å²) in [6, 6.07) is 10.7. The molecule has 0 unspecified atom stereocenters. The third-order valence-corrected chi connectivity index (χ3v) is 4.94. The van der Waals surface area contributed by atoms with Gasteiger partial charge in [0.05, 0.1) is 30.0 Å². The molecular formula is C19H20N2O3. The van der Waals surface area contributed by atoms with Crippen LogP contribution in [-0.4, -0.2) is 41.2 Å². The summed E-state index contributed by atoms with van der Waals surface area (Å²) in [5, 5.41) is 0. The molecule has 1 saturated heterocycles. The first-order chi connectivity index (χ1) is 11.8. The largest absolute Gasteiger partial charge is 0.468 e. The zero-order chi connectivity index (χ0) is 16.5. The normalized spacial score (nSPS) is 19.6. The molecule has 124 valence electrons. The standard InChI is InChI=1S/C19H20N2O3/c22-18-14-7-2-3-8-15(14)19(23)21(18)13-16(17-9-6-12-24-17)20-10-4-1-5-11-20/h2-3,6-9,12,16H,1,4-5,10-11,13H2/t16-/m0/s1. The molecule has 0 radical (unpaired) electrons. The number of carbonyl (C=O) groups excluding carboxylic acids is 2. The van der Waals surface area contributed by atoms with Crippen LogP contribution in [0.5, 0.6) is 0 Å². The molecular weight excluding hydrogens is 304 g/mol. The highest BCUT2D eigenvalue weighted by Crippen LogP contribution is 2.30. The predicted octanol–water partition coefficient (Wildman–Crippen LogP) is 3.10. The third-order valence-electron chi connectivity index (χ3n) is 4.94. The number of furan rings is 1. The molecule has 0 saturated carbocycles. The maximum atomic E-state index is 12.7. The molecule has 0 aliphatic carbocycles. The lowest BCUT2D eigenvalue weighted by Gasteiger charge is -2.35. The minimum atomic E-state index is -0.204. The van der Waals surface area contributed by atoms with Crippen LogP contribution in [0.1, 0.15) is 51.8 Å². The van der Waals surface area contributed by atoms with Gasteiger partial charge in [-0.15, -0.1) is 0 Å². The van der Waals surface area contributed by atoms with E-state index in [1.807, 2.05) is 12.1 Å². The average molecular weight is 324 g/mol. The van der Waals surface area contributed by atoms with Crippen molar-refractivity contribution >= 4 is 11.8 Å². The van der Waals surface area contributed by atoms with Crippen molar-refractivity contribution in [3.8, 4) is 0 Å². The van der Waals surface area contributed by atoms with Crippen LogP contribution in [0.15, 0.2) is 47.1 Å². The van der Waals surface area contributed by atoms with E-state index in [0.717, 1.165) is 31.7 Å². The molecule has 0 spiro atoms. The second-order valence-electron chi connectivity index (χ2n) is 6.39. The van der Waals surface area contributed by atoms with E-state index in [-0.39, 0.29) is 17.9 Å². The van der Waals surface area contributed by atoms with Crippen LogP contribution in [0.25, 0.3) is 0 Å². The Balaban J connectivity index is 1.61. The van der Waals surface area contributed by atoms with Gasteiger partial charge < -0.3 is 4.42 Å². The molecule has 1 fully saturated rings. The average Bonchev–Trinajstić information content (AvgIpc) is 3.23. The van der Waals surface area contributed by atoms with Gasteiger partial charge in [0.2, 0.25) is 0 Å². The van der Waals surface area contributed by atoms with Crippen LogP contribution in [-0.2, 0) is 0 Å². The molecule has 1 aromatic heterocycles. The van der Waals surface area contributed by atoms with Crippen LogP contribution in [0, 0.1) is 0 Å². The molecule has 1 aromatic carbocycles. The van der Waals surface area contributed by atoms with Crippen LogP contribution < -0.4 is 0 Å². The van der Waals surface area contributed by atoms with E-state index in [1.54, 1.807) is 30.5 Å². The highest BCUT2D eigenvalue weighted by Gasteiger charge is 2.38. The van der Waals surface area contributed by atoms with E-state index in [1.165, 1.54) is 11.3 Å². The Morgan fingerprint density at radius 3 is 2.17 bits per heavy atom. The zero-order valence-electron chi connectivity index (χ0n) is 13.5. The summed E-state index contributed by atoms with van der Waals surface area (Å²) in [7, 11) is 0. The molecule has 4 rings (SSSR count). The Hall–Kier alpha value is -2.40. The van der Waals surface area contributed by atoms with Crippen molar-refractivity contribution in [1.82, 2.24) is 9.80 Å². The number of benzene rings is 1. The quantitative estimate of drug-likeness (QED) is 0.811. The van der Waals surface area contributed by atoms with E-state index in [4.69, 9.17) is 4.42 Å². The number of piperidine rings is 1. The van der Waals surface area contributed by atoms with Gasteiger partial charge in [-0.2, -0.15) is 0 Å². The van der Waals surface area contributed by atoms with Gasteiger partial charge in [-0.3, -0.25) is 19.4 Å². The van der Waals surface area contributed by atoms with Crippen molar-refractivity contribution in [1.29, 1.82) is 0 Å². The molecule has 2 amide bonds. The smallest absolute Gasteiger partial charge is 0.261 e. The molecule has 2 aliphatic heterocycles. The minimum absolute atomic E-state index is 0.0810. The number of imide groups is 1. The van der Waals surface area contributed by atoms with Crippen molar-refractivity contribution in [2.24, 2.45) is 0 Å². The first-order valence-electron chi connectivity index (χ1n) is 8.48. The van der Waals surface area contributed by atoms with Gasteiger partial charge >= 0.3 is 0 Å². The van der Waals surface area contributed by atoms with Crippen LogP contribution in [0.4, 0.5) is 0 Å². The van der Waals surface area contributed by atoms with Crippen LogP contribution >= 0.6 is 0 Å². The molecule has 0 N–H and O–H groups in total. The first kappa shape index (κ1) is 15.1. The van der Waals surface area contributed by atoms with E-state index < -0.39 is 0 Å². The number of rotatable bonds is 4. The Kier molecular flexibility index (Phi) is 3.94. The molecule has 2 aliphatic rings. The second-order valence-corrected chi connectivity index (χ2v) is 6.39. The van der Waals surface area contributed by atoms with E-state index in [0.29, 0.717) is 17.7 Å². The van der Waals surface area contributed by atoms with Gasteiger partial charge in [0.15, 0.2) is 0 Å². The summed E-state index contributed by atoms with van der Waals surface area (Å²) >= 11 is 0. The fourth-order valence-corrected chi connectivity index (χ4v) is 3.67. The summed E-state index contributed by atoms with van der Waals surface area (Å²) in [4.78, 5) is 29.0. The van der Waals surface area contributed by atoms with Gasteiger partial charge in [0.25, 0.3) is 11.8 Å². The summed E-state index contributed by atoms with van der Waals surface area (Å²) in [5.41, 5.74) is 0.999. The molecule has 24 heavy (non-hydrogen) atoms. The number of nitrogens with zero attached hydrogens (tertiary/aromatic N) is 2. The third kappa shape index (κ3) is 2.55. The Labute approximate surface area is 140 Å². The molecule has 5 nitrogen and oxygen atoms in total. The SMILES string of the molecule is O=C1c2ccccc2C(=O)N1C[C@@H](c1ccco1)N1CCCCC1. The number of hydrogen-bond donors (Lipinski definition) is 0. The number of likely N-dealkylation sites (tertiary alicyclic amines) is 1. The molecule has 2 aromatic rings. The van der Waals surface area contributed by atoms with E-state index in [9.17, 15) is 9.59 Å². The van der Waals surface area contributed by atoms with Gasteiger partial charge in [0.1, 0.15) is 5.76 Å². The molecule has 0 bridgehead atoms. The molecule has 1 atom stereocenters. The Morgan fingerprint density at radius 1 is 0.917 bits per heavy atom. The lowest BCUT2D eigenvalue weighted by molar-refractivity contribution is 0.0551. The summed E-state index contributed by atoms with van der Waals surface area (Å²) in [6.07, 6.45) is 5.15. The van der Waals surface area contributed by atoms with E-state index >= 15 is 0 Å². The topological polar surface area (TPSA) is 53.8 Å². The maximum absolute atomic E-state index is 12.7. The van der Waals surface area contributed by atoms with Gasteiger partial charge in [-0.1, -0.05) is 18.6 Å². The van der Waals surface area contributed by atoms with Crippen molar-refractivity contribution in [3.05, 3.63) is 59.5 Å². The van der Waals surface area contributed by atoms with Crippen molar-refractivity contribution in [2.45, 2.75) is 25.3 Å².